The van der Waals surface area contributed by atoms with Gasteiger partial charge in [0.25, 0.3) is 7.82 Å². The van der Waals surface area contributed by atoms with Crippen LogP contribution in [0.4, 0.5) is 0 Å². The third kappa shape index (κ3) is 74.9. The Balaban J connectivity index is 3.90. The lowest BCUT2D eigenvalue weighted by Gasteiger charge is -2.28. The van der Waals surface area contributed by atoms with E-state index in [4.69, 9.17) is 18.5 Å². The van der Waals surface area contributed by atoms with Crippen LogP contribution in [0.1, 0.15) is 393 Å². The van der Waals surface area contributed by atoms with E-state index >= 15 is 0 Å². The van der Waals surface area contributed by atoms with Gasteiger partial charge >= 0.3 is 11.9 Å². The molecule has 0 rings (SSSR count). The van der Waals surface area contributed by atoms with E-state index in [-0.39, 0.29) is 32.0 Å². The van der Waals surface area contributed by atoms with Crippen molar-refractivity contribution in [3.8, 4) is 0 Å². The number of quaternary nitrogens is 1. The lowest BCUT2D eigenvalue weighted by atomic mass is 10.0. The lowest BCUT2D eigenvalue weighted by Crippen LogP contribution is -2.37. The first kappa shape index (κ1) is 87.0. The molecule has 0 aliphatic rings. The molecular weight excluding hydrogens is 1120 g/mol. The van der Waals surface area contributed by atoms with Gasteiger partial charge in [-0.25, -0.2) is 0 Å². The van der Waals surface area contributed by atoms with Crippen LogP contribution in [0.2, 0.25) is 0 Å². The van der Waals surface area contributed by atoms with Crippen LogP contribution in [-0.2, 0) is 32.7 Å². The van der Waals surface area contributed by atoms with Gasteiger partial charge in [0, 0.05) is 12.8 Å². The number of phosphoric ester groups is 1. The van der Waals surface area contributed by atoms with E-state index in [0.717, 1.165) is 64.2 Å². The molecule has 0 spiro atoms. The van der Waals surface area contributed by atoms with E-state index in [9.17, 15) is 19.0 Å². The summed E-state index contributed by atoms with van der Waals surface area (Å²) >= 11 is 0. The fraction of sp³-hybridized carbons (Fsp3) is 0.873. The number of nitrogens with zero attached hydrogens (tertiary/aromatic N) is 1. The van der Waals surface area contributed by atoms with E-state index in [1.807, 2.05) is 21.1 Å². The quantitative estimate of drug-likeness (QED) is 0.0195. The van der Waals surface area contributed by atoms with Gasteiger partial charge in [-0.05, 0) is 51.4 Å². The van der Waals surface area contributed by atoms with Gasteiger partial charge in [0.05, 0.1) is 27.7 Å². The molecule has 0 fully saturated rings. The van der Waals surface area contributed by atoms with Crippen LogP contribution in [0, 0.1) is 0 Å². The van der Waals surface area contributed by atoms with Crippen molar-refractivity contribution in [2.24, 2.45) is 0 Å². The Kier molecular flexibility index (Phi) is 68.7. The van der Waals surface area contributed by atoms with Crippen molar-refractivity contribution in [2.75, 3.05) is 47.5 Å². The fourth-order valence-corrected chi connectivity index (χ4v) is 12.4. The Labute approximate surface area is 554 Å². The summed E-state index contributed by atoms with van der Waals surface area (Å²) in [6.45, 7) is 4.20. The maximum atomic E-state index is 12.9. The highest BCUT2D eigenvalue weighted by atomic mass is 31.2. The average Bonchev–Trinajstić information content (AvgIpc) is 3.60. The van der Waals surface area contributed by atoms with E-state index in [2.05, 4.69) is 62.5 Å². The first-order valence-electron chi connectivity index (χ1n) is 38.8. The largest absolute Gasteiger partial charge is 0.756 e. The lowest BCUT2D eigenvalue weighted by molar-refractivity contribution is -0.870. The van der Waals surface area contributed by atoms with E-state index in [1.165, 1.54) is 295 Å². The normalized spacial score (nSPS) is 13.3. The zero-order chi connectivity index (χ0) is 64.8. The van der Waals surface area contributed by atoms with Crippen LogP contribution >= 0.6 is 7.82 Å². The topological polar surface area (TPSA) is 111 Å². The number of hydrogen-bond donors (Lipinski definition) is 0. The van der Waals surface area contributed by atoms with E-state index < -0.39 is 26.5 Å². The van der Waals surface area contributed by atoms with Crippen LogP contribution in [0.25, 0.3) is 0 Å². The van der Waals surface area contributed by atoms with Gasteiger partial charge in [-0.1, -0.05) is 377 Å². The molecule has 0 aromatic heterocycles. The number of ether oxygens (including phenoxy) is 2. The summed E-state index contributed by atoms with van der Waals surface area (Å²) in [5, 5.41) is 0. The van der Waals surface area contributed by atoms with Gasteiger partial charge < -0.3 is 27.9 Å². The standard InChI is InChI=1S/C79H150NO8P/c1-6-8-10-12-14-16-18-20-22-24-26-28-30-32-34-35-36-37-38-39-40-41-42-43-44-46-47-49-51-53-55-57-59-61-63-65-67-69-71-78(81)85-75-77(76-87-89(83,84)86-74-73-80(3,4)5)88-79(82)72-70-68-66-64-62-60-58-56-54-52-50-48-45-33-31-29-27-25-23-21-19-17-15-13-11-9-7-2/h9,11,15,17,21,23,27,29,77H,6-8,10,12-14,16,18-20,22,24-26,28,30-76H2,1-5H3/b11-9-,17-15-,23-21-,29-27-. The molecule has 89 heavy (non-hydrogen) atoms. The molecule has 0 radical (unpaired) electrons. The highest BCUT2D eigenvalue weighted by molar-refractivity contribution is 7.45. The second-order valence-corrected chi connectivity index (χ2v) is 29.1. The Bertz CT molecular complexity index is 1640. The number of unbranched alkanes of at least 4 members (excludes halogenated alkanes) is 51. The van der Waals surface area contributed by atoms with Crippen molar-refractivity contribution in [3.63, 3.8) is 0 Å². The van der Waals surface area contributed by atoms with Crippen molar-refractivity contribution in [1.29, 1.82) is 0 Å². The average molecular weight is 1270 g/mol. The van der Waals surface area contributed by atoms with Crippen LogP contribution in [0.5, 0.6) is 0 Å². The molecule has 2 unspecified atom stereocenters. The zero-order valence-corrected chi connectivity index (χ0v) is 60.8. The third-order valence-electron chi connectivity index (χ3n) is 17.6. The van der Waals surface area contributed by atoms with Gasteiger partial charge in [0.15, 0.2) is 6.10 Å². The minimum Gasteiger partial charge on any atom is -0.756 e. The number of phosphoric acid groups is 1. The number of likely N-dealkylation sites (N-methyl/N-ethyl adjacent to an activating group) is 1. The molecule has 0 aromatic carbocycles. The van der Waals surface area contributed by atoms with Gasteiger partial charge in [0.1, 0.15) is 19.8 Å². The summed E-state index contributed by atoms with van der Waals surface area (Å²) in [6.07, 6.45) is 92.4. The Morgan fingerprint density at radius 1 is 0.360 bits per heavy atom. The molecule has 0 saturated heterocycles. The summed E-state index contributed by atoms with van der Waals surface area (Å²) < 4.78 is 34.4. The number of esters is 2. The third-order valence-corrected chi connectivity index (χ3v) is 18.6. The van der Waals surface area contributed by atoms with Crippen LogP contribution in [-0.4, -0.2) is 70.0 Å². The van der Waals surface area contributed by atoms with E-state index in [0.29, 0.717) is 17.4 Å². The fourth-order valence-electron chi connectivity index (χ4n) is 11.7. The molecule has 0 saturated carbocycles. The van der Waals surface area contributed by atoms with E-state index in [1.54, 1.807) is 0 Å². The molecular formula is C79H150NO8P. The number of carbonyl (C=O) groups is 2. The summed E-state index contributed by atoms with van der Waals surface area (Å²) in [5.74, 6) is -0.814. The monoisotopic (exact) mass is 1270 g/mol. The van der Waals surface area contributed by atoms with Crippen LogP contribution in [0.3, 0.4) is 0 Å². The maximum absolute atomic E-state index is 12.9. The molecule has 0 bridgehead atoms. The van der Waals surface area contributed by atoms with Crippen molar-refractivity contribution >= 4 is 19.8 Å². The number of allylic oxidation sites excluding steroid dienone is 8. The smallest absolute Gasteiger partial charge is 0.306 e. The van der Waals surface area contributed by atoms with Gasteiger partial charge in [-0.15, -0.1) is 0 Å². The Morgan fingerprint density at radius 3 is 0.955 bits per heavy atom. The second kappa shape index (κ2) is 70.3. The van der Waals surface area contributed by atoms with Crippen molar-refractivity contribution in [2.45, 2.75) is 399 Å². The summed E-state index contributed by atoms with van der Waals surface area (Å²) in [5.41, 5.74) is 0. The zero-order valence-electron chi connectivity index (χ0n) is 59.9. The van der Waals surface area contributed by atoms with Crippen molar-refractivity contribution in [3.05, 3.63) is 48.6 Å². The second-order valence-electron chi connectivity index (χ2n) is 27.7. The van der Waals surface area contributed by atoms with Gasteiger partial charge in [0.2, 0.25) is 0 Å². The molecule has 0 aliphatic heterocycles. The first-order chi connectivity index (χ1) is 43.5. The summed E-state index contributed by atoms with van der Waals surface area (Å²) in [4.78, 5) is 38.1. The summed E-state index contributed by atoms with van der Waals surface area (Å²) in [7, 11) is 1.18. The minimum atomic E-state index is -4.64. The molecule has 524 valence electrons. The molecule has 0 heterocycles. The minimum absolute atomic E-state index is 0.0293. The first-order valence-corrected chi connectivity index (χ1v) is 40.3. The Morgan fingerprint density at radius 2 is 0.640 bits per heavy atom. The predicted octanol–water partition coefficient (Wildman–Crippen LogP) is 24.9. The molecule has 0 N–H and O–H groups in total. The SMILES string of the molecule is CC/C=C\C/C=C\C/C=C\C/C=C\CCCCCCCCCCCCCCCCC(=O)OC(COC(=O)CCCCCCCCCCCCCCCCCCCCCCCCCCCCCCCCCCCCCCCC)COP(=O)([O-])OCC[N+](C)(C)C. The van der Waals surface area contributed by atoms with Crippen molar-refractivity contribution in [1.82, 2.24) is 0 Å². The molecule has 10 heteroatoms. The molecule has 0 aliphatic carbocycles. The molecule has 2 atom stereocenters. The predicted molar refractivity (Wildman–Crippen MR) is 384 cm³/mol. The number of rotatable bonds is 73. The molecule has 9 nitrogen and oxygen atoms in total. The maximum Gasteiger partial charge on any atom is 0.306 e. The molecule has 0 aromatic rings. The molecule has 0 amide bonds. The number of hydrogen-bond acceptors (Lipinski definition) is 8. The Hall–Kier alpha value is -2.03. The highest BCUT2D eigenvalue weighted by Crippen LogP contribution is 2.38. The highest BCUT2D eigenvalue weighted by Gasteiger charge is 2.22. The number of carbonyl (C=O) groups excluding carboxylic acids is 2. The summed E-state index contributed by atoms with van der Waals surface area (Å²) in [6, 6.07) is 0. The van der Waals surface area contributed by atoms with Crippen molar-refractivity contribution < 1.29 is 42.1 Å². The van der Waals surface area contributed by atoms with Gasteiger partial charge in [-0.3, -0.25) is 14.2 Å². The van der Waals surface area contributed by atoms with Crippen LogP contribution in [0.15, 0.2) is 48.6 Å². The van der Waals surface area contributed by atoms with Gasteiger partial charge in [-0.2, -0.15) is 0 Å². The van der Waals surface area contributed by atoms with Crippen LogP contribution < -0.4 is 4.89 Å².